The average Bonchev–Trinajstić information content (AvgIpc) is 2.67. The predicted molar refractivity (Wildman–Crippen MR) is 88.9 cm³/mol. The summed E-state index contributed by atoms with van der Waals surface area (Å²) >= 11 is 3.48. The van der Waals surface area contributed by atoms with E-state index < -0.39 is 0 Å². The molecule has 112 valence electrons. The van der Waals surface area contributed by atoms with Crippen LogP contribution in [0.3, 0.4) is 0 Å². The van der Waals surface area contributed by atoms with Crippen molar-refractivity contribution in [2.45, 2.75) is 32.6 Å². The lowest BCUT2D eigenvalue weighted by atomic mass is 10.2. The van der Waals surface area contributed by atoms with Gasteiger partial charge in [-0.3, -0.25) is 0 Å². The molecular formula is C15H20BrN5. The molecule has 0 amide bonds. The fourth-order valence-corrected chi connectivity index (χ4v) is 3.23. The maximum absolute atomic E-state index is 6.08. The number of anilines is 2. The Morgan fingerprint density at radius 1 is 1.14 bits per heavy atom. The Kier molecular flexibility index (Phi) is 4.14. The van der Waals surface area contributed by atoms with Gasteiger partial charge in [0.15, 0.2) is 0 Å². The molecule has 6 heteroatoms. The zero-order chi connectivity index (χ0) is 14.8. The first-order valence-corrected chi connectivity index (χ1v) is 8.18. The van der Waals surface area contributed by atoms with Crippen LogP contribution in [0.25, 0.3) is 5.69 Å². The van der Waals surface area contributed by atoms with Gasteiger partial charge >= 0.3 is 0 Å². The Morgan fingerprint density at radius 3 is 2.52 bits per heavy atom. The molecule has 1 aromatic carbocycles. The van der Waals surface area contributed by atoms with E-state index in [4.69, 9.17) is 5.73 Å². The van der Waals surface area contributed by atoms with Crippen molar-refractivity contribution in [3.05, 3.63) is 28.2 Å². The summed E-state index contributed by atoms with van der Waals surface area (Å²) < 4.78 is 2.79. The molecular weight excluding hydrogens is 330 g/mol. The third-order valence-electron chi connectivity index (χ3n) is 3.90. The molecule has 0 saturated carbocycles. The minimum Gasteiger partial charge on any atom is -0.368 e. The van der Waals surface area contributed by atoms with Gasteiger partial charge in [-0.1, -0.05) is 28.8 Å². The second-order valence-corrected chi connectivity index (χ2v) is 6.43. The van der Waals surface area contributed by atoms with Crippen LogP contribution in [0, 0.1) is 6.92 Å². The molecule has 0 unspecified atom stereocenters. The van der Waals surface area contributed by atoms with E-state index in [1.54, 1.807) is 4.68 Å². The molecule has 1 aromatic heterocycles. The van der Waals surface area contributed by atoms with Crippen LogP contribution in [-0.4, -0.2) is 27.9 Å². The van der Waals surface area contributed by atoms with Crippen LogP contribution in [0.4, 0.5) is 11.9 Å². The lowest BCUT2D eigenvalue weighted by Gasteiger charge is -2.17. The van der Waals surface area contributed by atoms with Crippen molar-refractivity contribution >= 4 is 27.8 Å². The molecule has 0 atom stereocenters. The zero-order valence-electron chi connectivity index (χ0n) is 12.2. The quantitative estimate of drug-likeness (QED) is 0.903. The molecule has 2 N–H and O–H groups in total. The van der Waals surface area contributed by atoms with Crippen LogP contribution in [0.5, 0.6) is 0 Å². The van der Waals surface area contributed by atoms with Gasteiger partial charge in [0.2, 0.25) is 11.9 Å². The second kappa shape index (κ2) is 6.05. The van der Waals surface area contributed by atoms with Crippen LogP contribution in [-0.2, 0) is 0 Å². The number of rotatable bonds is 2. The largest absolute Gasteiger partial charge is 0.368 e. The highest BCUT2D eigenvalue weighted by Crippen LogP contribution is 2.23. The molecule has 3 rings (SSSR count). The smallest absolute Gasteiger partial charge is 0.246 e. The Bertz CT molecular complexity index is 629. The summed E-state index contributed by atoms with van der Waals surface area (Å²) in [7, 11) is 0. The van der Waals surface area contributed by atoms with Crippen LogP contribution in [0.1, 0.15) is 31.2 Å². The number of aryl methyl sites for hydroxylation is 1. The Morgan fingerprint density at radius 2 is 1.86 bits per heavy atom. The summed E-state index contributed by atoms with van der Waals surface area (Å²) in [6.45, 7) is 4.08. The highest BCUT2D eigenvalue weighted by atomic mass is 79.9. The SMILES string of the molecule is Cc1cc(Br)ccc1-n1nc(N2CCCCCC2)nc1N. The van der Waals surface area contributed by atoms with Crippen molar-refractivity contribution in [1.29, 1.82) is 0 Å². The third-order valence-corrected chi connectivity index (χ3v) is 4.39. The molecule has 2 aromatic rings. The third kappa shape index (κ3) is 3.05. The molecule has 0 spiro atoms. The number of hydrogen-bond donors (Lipinski definition) is 1. The topological polar surface area (TPSA) is 60.0 Å². The Balaban J connectivity index is 1.93. The molecule has 0 radical (unpaired) electrons. The van der Waals surface area contributed by atoms with Gasteiger partial charge in [-0.15, -0.1) is 5.10 Å². The van der Waals surface area contributed by atoms with Gasteiger partial charge < -0.3 is 10.6 Å². The van der Waals surface area contributed by atoms with E-state index >= 15 is 0 Å². The monoisotopic (exact) mass is 349 g/mol. The molecule has 21 heavy (non-hydrogen) atoms. The number of nitrogen functional groups attached to an aromatic ring is 1. The maximum atomic E-state index is 6.08. The number of benzene rings is 1. The van der Waals surface area contributed by atoms with Gasteiger partial charge in [-0.25, -0.2) is 0 Å². The van der Waals surface area contributed by atoms with Crippen molar-refractivity contribution < 1.29 is 0 Å². The summed E-state index contributed by atoms with van der Waals surface area (Å²) in [6.07, 6.45) is 4.98. The summed E-state index contributed by atoms with van der Waals surface area (Å²) in [6, 6.07) is 6.06. The number of halogens is 1. The number of hydrogen-bond acceptors (Lipinski definition) is 4. The fraction of sp³-hybridized carbons (Fsp3) is 0.467. The fourth-order valence-electron chi connectivity index (χ4n) is 2.75. The Hall–Kier alpha value is -1.56. The molecule has 0 aliphatic carbocycles. The lowest BCUT2D eigenvalue weighted by Crippen LogP contribution is -2.25. The van der Waals surface area contributed by atoms with E-state index in [0.29, 0.717) is 5.95 Å². The van der Waals surface area contributed by atoms with Crippen molar-refractivity contribution in [2.24, 2.45) is 0 Å². The summed E-state index contributed by atoms with van der Waals surface area (Å²) in [5.41, 5.74) is 8.17. The highest BCUT2D eigenvalue weighted by Gasteiger charge is 2.17. The van der Waals surface area contributed by atoms with E-state index in [1.807, 2.05) is 19.1 Å². The van der Waals surface area contributed by atoms with Gasteiger partial charge in [-0.2, -0.15) is 9.67 Å². The van der Waals surface area contributed by atoms with E-state index in [1.165, 1.54) is 25.7 Å². The molecule has 0 bridgehead atoms. The van der Waals surface area contributed by atoms with E-state index in [9.17, 15) is 0 Å². The Labute approximate surface area is 133 Å². The first kappa shape index (κ1) is 14.4. The predicted octanol–water partition coefficient (Wildman–Crippen LogP) is 3.30. The number of nitrogens with zero attached hydrogens (tertiary/aromatic N) is 4. The summed E-state index contributed by atoms with van der Waals surface area (Å²) in [4.78, 5) is 6.70. The standard InChI is InChI=1S/C15H20BrN5/c1-11-10-12(16)6-7-13(11)21-14(17)18-15(19-21)20-8-4-2-3-5-9-20/h6-7,10H,2-5,8-9H2,1H3,(H2,17,18,19). The van der Waals surface area contributed by atoms with Gasteiger partial charge in [-0.05, 0) is 43.5 Å². The maximum Gasteiger partial charge on any atom is 0.246 e. The van der Waals surface area contributed by atoms with E-state index in [0.717, 1.165) is 34.8 Å². The minimum atomic E-state index is 0.444. The van der Waals surface area contributed by atoms with Gasteiger partial charge in [0.1, 0.15) is 0 Å². The van der Waals surface area contributed by atoms with E-state index in [2.05, 4.69) is 37.0 Å². The summed E-state index contributed by atoms with van der Waals surface area (Å²) in [5, 5.41) is 4.63. The van der Waals surface area contributed by atoms with Crippen LogP contribution in [0.2, 0.25) is 0 Å². The average molecular weight is 350 g/mol. The number of aromatic nitrogens is 3. The second-order valence-electron chi connectivity index (χ2n) is 5.51. The molecule has 1 fully saturated rings. The van der Waals surface area contributed by atoms with Gasteiger partial charge in [0, 0.05) is 17.6 Å². The molecule has 1 aliphatic heterocycles. The van der Waals surface area contributed by atoms with Crippen molar-refractivity contribution in [3.63, 3.8) is 0 Å². The van der Waals surface area contributed by atoms with E-state index in [-0.39, 0.29) is 0 Å². The normalized spacial score (nSPS) is 16.0. The molecule has 5 nitrogen and oxygen atoms in total. The zero-order valence-corrected chi connectivity index (χ0v) is 13.8. The van der Waals surface area contributed by atoms with Crippen LogP contribution < -0.4 is 10.6 Å². The highest BCUT2D eigenvalue weighted by molar-refractivity contribution is 9.10. The molecule has 2 heterocycles. The molecule has 1 saturated heterocycles. The van der Waals surface area contributed by atoms with Crippen LogP contribution >= 0.6 is 15.9 Å². The van der Waals surface area contributed by atoms with Gasteiger partial charge in [0.25, 0.3) is 0 Å². The first-order valence-electron chi connectivity index (χ1n) is 7.39. The minimum absolute atomic E-state index is 0.444. The van der Waals surface area contributed by atoms with Crippen LogP contribution in [0.15, 0.2) is 22.7 Å². The first-order chi connectivity index (χ1) is 10.1. The van der Waals surface area contributed by atoms with Crippen molar-refractivity contribution in [1.82, 2.24) is 14.8 Å². The number of nitrogens with two attached hydrogens (primary N) is 1. The van der Waals surface area contributed by atoms with Gasteiger partial charge in [0.05, 0.1) is 5.69 Å². The van der Waals surface area contributed by atoms with Crippen molar-refractivity contribution in [3.8, 4) is 5.69 Å². The lowest BCUT2D eigenvalue weighted by molar-refractivity contribution is 0.726. The van der Waals surface area contributed by atoms with Crippen molar-refractivity contribution in [2.75, 3.05) is 23.7 Å². The molecule has 1 aliphatic rings. The summed E-state index contributed by atoms with van der Waals surface area (Å²) in [5.74, 6) is 1.19.